The van der Waals surface area contributed by atoms with Crippen molar-refractivity contribution in [1.29, 1.82) is 0 Å². The van der Waals surface area contributed by atoms with E-state index in [4.69, 9.17) is 4.74 Å². The Kier molecular flexibility index (Phi) is 4.36. The first-order valence-electron chi connectivity index (χ1n) is 6.16. The van der Waals surface area contributed by atoms with Crippen LogP contribution in [-0.4, -0.2) is 24.1 Å². The smallest absolute Gasteiger partial charge is 0.357 e. The van der Waals surface area contributed by atoms with Gasteiger partial charge in [-0.3, -0.25) is 0 Å². The minimum absolute atomic E-state index is 0.338. The molecule has 1 fully saturated rings. The number of anilines is 1. The summed E-state index contributed by atoms with van der Waals surface area (Å²) >= 11 is 1.46. The van der Waals surface area contributed by atoms with Gasteiger partial charge in [-0.2, -0.15) is 0 Å². The largest absolute Gasteiger partial charge is 0.461 e. The minimum atomic E-state index is -0.338. The van der Waals surface area contributed by atoms with Crippen LogP contribution in [0.5, 0.6) is 0 Å². The van der Waals surface area contributed by atoms with Gasteiger partial charge < -0.3 is 10.1 Å². The van der Waals surface area contributed by atoms with E-state index in [0.717, 1.165) is 17.6 Å². The molecule has 1 N–H and O–H groups in total. The van der Waals surface area contributed by atoms with Crippen molar-refractivity contribution in [2.75, 3.05) is 18.5 Å². The normalized spacial score (nSPS) is 14.6. The van der Waals surface area contributed by atoms with Crippen LogP contribution in [-0.2, 0) is 4.74 Å². The summed E-state index contributed by atoms with van der Waals surface area (Å²) < 4.78 is 4.88. The average Bonchev–Trinajstić information content (AvgIpc) is 3.02. The predicted molar refractivity (Wildman–Crippen MR) is 68.5 cm³/mol. The quantitative estimate of drug-likeness (QED) is 0.600. The van der Waals surface area contributed by atoms with E-state index in [2.05, 4.69) is 10.3 Å². The third-order valence-corrected chi connectivity index (χ3v) is 3.55. The lowest BCUT2D eigenvalue weighted by Crippen LogP contribution is -2.06. The lowest BCUT2D eigenvalue weighted by Gasteiger charge is -2.01. The number of carbonyl (C=O) groups is 1. The number of rotatable bonds is 7. The topological polar surface area (TPSA) is 51.2 Å². The van der Waals surface area contributed by atoms with Crippen LogP contribution in [0.15, 0.2) is 5.38 Å². The van der Waals surface area contributed by atoms with Gasteiger partial charge in [-0.1, -0.05) is 12.8 Å². The van der Waals surface area contributed by atoms with Gasteiger partial charge in [0.05, 0.1) is 6.61 Å². The van der Waals surface area contributed by atoms with E-state index in [-0.39, 0.29) is 5.97 Å². The SMILES string of the molecule is CCOC(=O)c1csc(NCCCC2CC2)n1. The van der Waals surface area contributed by atoms with Crippen LogP contribution in [0.3, 0.4) is 0 Å². The molecule has 0 saturated heterocycles. The van der Waals surface area contributed by atoms with Crippen LogP contribution in [0.2, 0.25) is 0 Å². The Balaban J connectivity index is 1.71. The van der Waals surface area contributed by atoms with Gasteiger partial charge in [0.2, 0.25) is 0 Å². The molecule has 17 heavy (non-hydrogen) atoms. The van der Waals surface area contributed by atoms with Crippen molar-refractivity contribution in [3.05, 3.63) is 11.1 Å². The summed E-state index contributed by atoms with van der Waals surface area (Å²) in [5, 5.41) is 5.79. The Hall–Kier alpha value is -1.10. The molecule has 0 aromatic carbocycles. The van der Waals surface area contributed by atoms with Crippen molar-refractivity contribution in [2.24, 2.45) is 5.92 Å². The van der Waals surface area contributed by atoms with Crippen molar-refractivity contribution < 1.29 is 9.53 Å². The fourth-order valence-corrected chi connectivity index (χ4v) is 2.35. The van der Waals surface area contributed by atoms with Crippen molar-refractivity contribution >= 4 is 22.4 Å². The summed E-state index contributed by atoms with van der Waals surface area (Å²) in [5.74, 6) is 0.637. The standard InChI is InChI=1S/C12H18N2O2S/c1-2-16-11(15)10-8-17-12(14-10)13-7-3-4-9-5-6-9/h8-9H,2-7H2,1H3,(H,13,14). The van der Waals surface area contributed by atoms with E-state index in [9.17, 15) is 4.79 Å². The van der Waals surface area contributed by atoms with Crippen LogP contribution in [0.1, 0.15) is 43.1 Å². The lowest BCUT2D eigenvalue weighted by atomic mass is 10.2. The Morgan fingerprint density at radius 1 is 1.65 bits per heavy atom. The first kappa shape index (κ1) is 12.4. The van der Waals surface area contributed by atoms with Crippen LogP contribution in [0.4, 0.5) is 5.13 Å². The third-order valence-electron chi connectivity index (χ3n) is 2.75. The predicted octanol–water partition coefficient (Wildman–Crippen LogP) is 2.92. The van der Waals surface area contributed by atoms with Gasteiger partial charge in [0.15, 0.2) is 10.8 Å². The first-order chi connectivity index (χ1) is 8.29. The molecular weight excluding hydrogens is 236 g/mol. The molecule has 94 valence electrons. The van der Waals surface area contributed by atoms with Crippen LogP contribution >= 0.6 is 11.3 Å². The van der Waals surface area contributed by atoms with Gasteiger partial charge in [-0.15, -0.1) is 11.3 Å². The highest BCUT2D eigenvalue weighted by Gasteiger charge is 2.20. The molecule has 0 aliphatic heterocycles. The van der Waals surface area contributed by atoms with Gasteiger partial charge in [0, 0.05) is 11.9 Å². The van der Waals surface area contributed by atoms with Crippen LogP contribution in [0, 0.1) is 5.92 Å². The zero-order valence-corrected chi connectivity index (χ0v) is 10.9. The summed E-state index contributed by atoms with van der Waals surface area (Å²) in [6.07, 6.45) is 5.30. The Labute approximate surface area is 105 Å². The van der Waals surface area contributed by atoms with Crippen molar-refractivity contribution in [3.8, 4) is 0 Å². The van der Waals surface area contributed by atoms with Crippen molar-refractivity contribution in [1.82, 2.24) is 4.98 Å². The molecule has 1 aromatic rings. The van der Waals surface area contributed by atoms with Crippen molar-refractivity contribution in [3.63, 3.8) is 0 Å². The monoisotopic (exact) mass is 254 g/mol. The molecule has 1 aliphatic carbocycles. The van der Waals surface area contributed by atoms with E-state index in [0.29, 0.717) is 12.3 Å². The number of hydrogen-bond acceptors (Lipinski definition) is 5. The number of ether oxygens (including phenoxy) is 1. The maximum Gasteiger partial charge on any atom is 0.357 e. The Morgan fingerprint density at radius 3 is 3.18 bits per heavy atom. The molecule has 0 amide bonds. The second-order valence-electron chi connectivity index (χ2n) is 4.27. The van der Waals surface area contributed by atoms with Gasteiger partial charge >= 0.3 is 5.97 Å². The Morgan fingerprint density at radius 2 is 2.47 bits per heavy atom. The molecule has 1 heterocycles. The minimum Gasteiger partial charge on any atom is -0.461 e. The van der Waals surface area contributed by atoms with Gasteiger partial charge in [-0.25, -0.2) is 9.78 Å². The summed E-state index contributed by atoms with van der Waals surface area (Å²) in [6.45, 7) is 3.12. The van der Waals surface area contributed by atoms with E-state index >= 15 is 0 Å². The molecule has 0 unspecified atom stereocenters. The Bertz CT molecular complexity index is 374. The lowest BCUT2D eigenvalue weighted by molar-refractivity contribution is 0.0520. The molecule has 0 radical (unpaired) electrons. The highest BCUT2D eigenvalue weighted by molar-refractivity contribution is 7.13. The second-order valence-corrected chi connectivity index (χ2v) is 5.13. The fraction of sp³-hybridized carbons (Fsp3) is 0.667. The molecule has 1 saturated carbocycles. The molecule has 0 spiro atoms. The zero-order valence-electron chi connectivity index (χ0n) is 10.1. The number of thiazole rings is 1. The van der Waals surface area contributed by atoms with Crippen molar-refractivity contribution in [2.45, 2.75) is 32.6 Å². The van der Waals surface area contributed by atoms with E-state index < -0.39 is 0 Å². The average molecular weight is 254 g/mol. The number of aromatic nitrogens is 1. The molecule has 2 rings (SSSR count). The molecular formula is C12H18N2O2S. The molecule has 1 aliphatic rings. The van der Waals surface area contributed by atoms with Crippen LogP contribution < -0.4 is 5.32 Å². The summed E-state index contributed by atoms with van der Waals surface area (Å²) in [5.41, 5.74) is 0.404. The van der Waals surface area contributed by atoms with Gasteiger partial charge in [-0.05, 0) is 25.7 Å². The first-order valence-corrected chi connectivity index (χ1v) is 7.04. The van der Waals surface area contributed by atoms with Gasteiger partial charge in [0.25, 0.3) is 0 Å². The summed E-state index contributed by atoms with van der Waals surface area (Å²) in [4.78, 5) is 15.6. The molecule has 5 heteroatoms. The zero-order chi connectivity index (χ0) is 12.1. The number of nitrogens with zero attached hydrogens (tertiary/aromatic N) is 1. The molecule has 0 atom stereocenters. The van der Waals surface area contributed by atoms with E-state index in [1.165, 1.54) is 37.0 Å². The fourth-order valence-electron chi connectivity index (χ4n) is 1.65. The highest BCUT2D eigenvalue weighted by Crippen LogP contribution is 2.33. The number of esters is 1. The van der Waals surface area contributed by atoms with E-state index in [1.807, 2.05) is 0 Å². The molecule has 4 nitrogen and oxygen atoms in total. The third kappa shape index (κ3) is 4.00. The van der Waals surface area contributed by atoms with Gasteiger partial charge in [0.1, 0.15) is 0 Å². The van der Waals surface area contributed by atoms with Crippen LogP contribution in [0.25, 0.3) is 0 Å². The summed E-state index contributed by atoms with van der Waals surface area (Å²) in [6, 6.07) is 0. The number of hydrogen-bond donors (Lipinski definition) is 1. The van der Waals surface area contributed by atoms with E-state index in [1.54, 1.807) is 12.3 Å². The number of carbonyl (C=O) groups excluding carboxylic acids is 1. The second kappa shape index (κ2) is 6.00. The number of nitrogens with one attached hydrogen (secondary N) is 1. The molecule has 1 aromatic heterocycles. The maximum absolute atomic E-state index is 11.4. The molecule has 0 bridgehead atoms. The maximum atomic E-state index is 11.4. The highest BCUT2D eigenvalue weighted by atomic mass is 32.1. The summed E-state index contributed by atoms with van der Waals surface area (Å²) in [7, 11) is 0.